The Morgan fingerprint density at radius 2 is 1.48 bits per heavy atom. The molecular weight excluding hydrogens is 359 g/mol. The molecule has 9 heteroatoms. The molecule has 0 saturated carbocycles. The largest absolute Gasteiger partial charge is 0.573 e. The number of nitrogens with one attached hydrogen (secondary N) is 1. The number of methoxy groups -OCH3 is 1. The molecule has 0 aromatic heterocycles. The van der Waals surface area contributed by atoms with Gasteiger partial charge in [0.15, 0.2) is 0 Å². The van der Waals surface area contributed by atoms with E-state index in [4.69, 9.17) is 4.74 Å². The molecule has 0 spiro atoms. The molecule has 1 unspecified atom stereocenters. The topological polar surface area (TPSA) is 64.6 Å². The van der Waals surface area contributed by atoms with Crippen LogP contribution in [0.25, 0.3) is 0 Å². The van der Waals surface area contributed by atoms with E-state index >= 15 is 0 Å². The van der Waals surface area contributed by atoms with Crippen LogP contribution in [0.3, 0.4) is 0 Å². The molecule has 0 radical (unpaired) electrons. The minimum Gasteiger partial charge on any atom is -0.497 e. The monoisotopic (exact) mass is 375 g/mol. The number of halogens is 3. The summed E-state index contributed by atoms with van der Waals surface area (Å²) in [5.41, 5.74) is 0.710. The molecule has 2 aromatic carbocycles. The van der Waals surface area contributed by atoms with E-state index in [-0.39, 0.29) is 4.90 Å². The molecule has 1 N–H and O–H groups in total. The lowest BCUT2D eigenvalue weighted by Gasteiger charge is -2.15. The maximum Gasteiger partial charge on any atom is 0.573 e. The minimum absolute atomic E-state index is 0.164. The van der Waals surface area contributed by atoms with Crippen molar-refractivity contribution in [2.45, 2.75) is 24.2 Å². The van der Waals surface area contributed by atoms with Crippen LogP contribution in [0.2, 0.25) is 0 Å². The lowest BCUT2D eigenvalue weighted by Crippen LogP contribution is -2.26. The molecule has 25 heavy (non-hydrogen) atoms. The Bertz CT molecular complexity index is 803. The van der Waals surface area contributed by atoms with Gasteiger partial charge in [-0.05, 0) is 48.9 Å². The normalized spacial score (nSPS) is 13.3. The van der Waals surface area contributed by atoms with Gasteiger partial charge in [0.25, 0.3) is 0 Å². The molecule has 0 heterocycles. The zero-order valence-corrected chi connectivity index (χ0v) is 14.2. The average molecular weight is 375 g/mol. The SMILES string of the molecule is COc1ccc(C(C)NS(=O)(=O)c2ccc(OC(F)(F)F)cc2)cc1. The molecule has 0 amide bonds. The van der Waals surface area contributed by atoms with Crippen LogP contribution in [-0.2, 0) is 10.0 Å². The number of sulfonamides is 1. The van der Waals surface area contributed by atoms with Gasteiger partial charge in [-0.1, -0.05) is 12.1 Å². The van der Waals surface area contributed by atoms with Crippen molar-refractivity contribution in [2.24, 2.45) is 0 Å². The van der Waals surface area contributed by atoms with E-state index in [0.717, 1.165) is 24.3 Å². The third-order valence-electron chi connectivity index (χ3n) is 3.32. The molecule has 0 bridgehead atoms. The molecule has 0 aliphatic heterocycles. The standard InChI is InChI=1S/C16H16F3NO4S/c1-11(12-3-5-13(23-2)6-4-12)20-25(21,22)15-9-7-14(8-10-15)24-16(17,18)19/h3-11,20H,1-2H3. The molecule has 2 aromatic rings. The average Bonchev–Trinajstić information content (AvgIpc) is 2.53. The smallest absolute Gasteiger partial charge is 0.497 e. The third-order valence-corrected chi connectivity index (χ3v) is 4.87. The summed E-state index contributed by atoms with van der Waals surface area (Å²) < 4.78 is 72.3. The number of hydrogen-bond donors (Lipinski definition) is 1. The van der Waals surface area contributed by atoms with Gasteiger partial charge in [-0.25, -0.2) is 13.1 Å². The summed E-state index contributed by atoms with van der Waals surface area (Å²) in [6, 6.07) is 10.3. The fourth-order valence-corrected chi connectivity index (χ4v) is 3.31. The Hall–Kier alpha value is -2.26. The fraction of sp³-hybridized carbons (Fsp3) is 0.250. The molecular formula is C16H16F3NO4S. The van der Waals surface area contributed by atoms with Crippen molar-refractivity contribution >= 4 is 10.0 Å². The zero-order valence-electron chi connectivity index (χ0n) is 13.4. The first-order valence-electron chi connectivity index (χ1n) is 7.13. The summed E-state index contributed by atoms with van der Waals surface area (Å²) in [4.78, 5) is -0.164. The van der Waals surface area contributed by atoms with Crippen LogP contribution in [-0.4, -0.2) is 21.9 Å². The van der Waals surface area contributed by atoms with Gasteiger partial charge < -0.3 is 9.47 Å². The fourth-order valence-electron chi connectivity index (χ4n) is 2.08. The maximum atomic E-state index is 12.3. The third kappa shape index (κ3) is 5.36. The van der Waals surface area contributed by atoms with Gasteiger partial charge in [-0.3, -0.25) is 0 Å². The first kappa shape index (κ1) is 19.1. The first-order chi connectivity index (χ1) is 11.6. The van der Waals surface area contributed by atoms with Crippen molar-refractivity contribution in [3.8, 4) is 11.5 Å². The number of ether oxygens (including phenoxy) is 2. The van der Waals surface area contributed by atoms with Crippen molar-refractivity contribution < 1.29 is 31.1 Å². The number of rotatable bonds is 6. The van der Waals surface area contributed by atoms with Crippen LogP contribution in [0.4, 0.5) is 13.2 Å². The number of alkyl halides is 3. The van der Waals surface area contributed by atoms with Crippen LogP contribution in [0, 0.1) is 0 Å². The van der Waals surface area contributed by atoms with Gasteiger partial charge >= 0.3 is 6.36 Å². The number of hydrogen-bond acceptors (Lipinski definition) is 4. The zero-order chi connectivity index (χ0) is 18.7. The predicted molar refractivity (Wildman–Crippen MR) is 84.9 cm³/mol. The molecule has 0 saturated heterocycles. The van der Waals surface area contributed by atoms with Gasteiger partial charge in [0, 0.05) is 6.04 Å². The van der Waals surface area contributed by atoms with Crippen LogP contribution in [0.15, 0.2) is 53.4 Å². The lowest BCUT2D eigenvalue weighted by atomic mass is 10.1. The van der Waals surface area contributed by atoms with Gasteiger partial charge in [0.05, 0.1) is 12.0 Å². The van der Waals surface area contributed by atoms with Crippen LogP contribution in [0.5, 0.6) is 11.5 Å². The molecule has 1 atom stereocenters. The Balaban J connectivity index is 2.12. The highest BCUT2D eigenvalue weighted by Gasteiger charge is 2.31. The summed E-state index contributed by atoms with van der Waals surface area (Å²) in [6.45, 7) is 1.65. The molecule has 2 rings (SSSR count). The lowest BCUT2D eigenvalue weighted by molar-refractivity contribution is -0.274. The van der Waals surface area contributed by atoms with Crippen LogP contribution >= 0.6 is 0 Å². The van der Waals surface area contributed by atoms with Crippen molar-refractivity contribution in [3.63, 3.8) is 0 Å². The van der Waals surface area contributed by atoms with Gasteiger partial charge in [-0.2, -0.15) is 0 Å². The van der Waals surface area contributed by atoms with E-state index in [9.17, 15) is 21.6 Å². The highest BCUT2D eigenvalue weighted by Crippen LogP contribution is 2.25. The van der Waals surface area contributed by atoms with E-state index in [1.807, 2.05) is 0 Å². The highest BCUT2D eigenvalue weighted by molar-refractivity contribution is 7.89. The quantitative estimate of drug-likeness (QED) is 0.837. The second-order valence-electron chi connectivity index (χ2n) is 5.14. The predicted octanol–water partition coefficient (Wildman–Crippen LogP) is 3.63. The van der Waals surface area contributed by atoms with E-state index in [1.54, 1.807) is 31.2 Å². The second kappa shape index (κ2) is 7.32. The maximum absolute atomic E-state index is 12.3. The molecule has 0 aliphatic rings. The van der Waals surface area contributed by atoms with Crippen LogP contribution in [0.1, 0.15) is 18.5 Å². The summed E-state index contributed by atoms with van der Waals surface area (Å²) in [6.07, 6.45) is -4.83. The Labute approximate surface area is 143 Å². The van der Waals surface area contributed by atoms with Gasteiger partial charge in [0.1, 0.15) is 11.5 Å². The summed E-state index contributed by atoms with van der Waals surface area (Å²) in [5, 5.41) is 0. The van der Waals surface area contributed by atoms with E-state index < -0.39 is 28.2 Å². The Morgan fingerprint density at radius 1 is 0.960 bits per heavy atom. The van der Waals surface area contributed by atoms with Crippen molar-refractivity contribution in [1.29, 1.82) is 0 Å². The summed E-state index contributed by atoms with van der Waals surface area (Å²) >= 11 is 0. The Morgan fingerprint density at radius 3 is 1.96 bits per heavy atom. The van der Waals surface area contributed by atoms with E-state index in [2.05, 4.69) is 9.46 Å². The minimum atomic E-state index is -4.83. The molecule has 0 fully saturated rings. The second-order valence-corrected chi connectivity index (χ2v) is 6.85. The summed E-state index contributed by atoms with van der Waals surface area (Å²) in [7, 11) is -2.38. The van der Waals surface area contributed by atoms with Crippen molar-refractivity contribution in [1.82, 2.24) is 4.72 Å². The summed E-state index contributed by atoms with van der Waals surface area (Å²) in [5.74, 6) is 0.147. The molecule has 136 valence electrons. The Kier molecular flexibility index (Phi) is 5.58. The van der Waals surface area contributed by atoms with Crippen molar-refractivity contribution in [3.05, 3.63) is 54.1 Å². The van der Waals surface area contributed by atoms with Crippen LogP contribution < -0.4 is 14.2 Å². The molecule has 5 nitrogen and oxygen atoms in total. The van der Waals surface area contributed by atoms with Crippen molar-refractivity contribution in [2.75, 3.05) is 7.11 Å². The van der Waals surface area contributed by atoms with Gasteiger partial charge in [0.2, 0.25) is 10.0 Å². The molecule has 0 aliphatic carbocycles. The van der Waals surface area contributed by atoms with E-state index in [0.29, 0.717) is 11.3 Å². The van der Waals surface area contributed by atoms with E-state index in [1.165, 1.54) is 7.11 Å². The number of benzene rings is 2. The van der Waals surface area contributed by atoms with Gasteiger partial charge in [-0.15, -0.1) is 13.2 Å². The highest BCUT2D eigenvalue weighted by atomic mass is 32.2. The first-order valence-corrected chi connectivity index (χ1v) is 8.61.